The van der Waals surface area contributed by atoms with Gasteiger partial charge in [0.1, 0.15) is 0 Å². The van der Waals surface area contributed by atoms with Crippen LogP contribution in [-0.4, -0.2) is 43.2 Å². The van der Waals surface area contributed by atoms with Crippen LogP contribution in [0.1, 0.15) is 18.9 Å². The Labute approximate surface area is 120 Å². The largest absolute Gasteiger partial charge is 0.399 e. The predicted molar refractivity (Wildman–Crippen MR) is 80.7 cm³/mol. The van der Waals surface area contributed by atoms with Gasteiger partial charge < -0.3 is 15.8 Å². The van der Waals surface area contributed by atoms with Crippen LogP contribution in [0, 0.1) is 6.92 Å². The lowest BCUT2D eigenvalue weighted by Gasteiger charge is -2.26. The number of rotatable bonds is 4. The van der Waals surface area contributed by atoms with E-state index in [0.29, 0.717) is 18.3 Å². The molecule has 1 amide bonds. The van der Waals surface area contributed by atoms with Crippen LogP contribution < -0.4 is 11.1 Å². The van der Waals surface area contributed by atoms with Gasteiger partial charge in [0.15, 0.2) is 0 Å². The molecule has 5 heteroatoms. The van der Waals surface area contributed by atoms with E-state index in [1.165, 1.54) is 0 Å². The van der Waals surface area contributed by atoms with Gasteiger partial charge in [0.05, 0.1) is 12.6 Å². The molecule has 20 heavy (non-hydrogen) atoms. The maximum absolute atomic E-state index is 12.1. The minimum Gasteiger partial charge on any atom is -0.399 e. The number of ether oxygens (including phenoxy) is 1. The number of likely N-dealkylation sites (N-methyl/N-ethyl adjacent to an activating group) is 1. The van der Waals surface area contributed by atoms with E-state index >= 15 is 0 Å². The molecule has 0 radical (unpaired) electrons. The lowest BCUT2D eigenvalue weighted by molar-refractivity contribution is -0.117. The molecule has 110 valence electrons. The molecule has 1 aromatic rings. The zero-order valence-corrected chi connectivity index (χ0v) is 12.3. The Hall–Kier alpha value is -1.59. The Morgan fingerprint density at radius 2 is 2.30 bits per heavy atom. The van der Waals surface area contributed by atoms with Crippen LogP contribution in [0.2, 0.25) is 0 Å². The number of nitrogens with one attached hydrogen (secondary N) is 1. The van der Waals surface area contributed by atoms with Crippen LogP contribution in [0.15, 0.2) is 18.2 Å². The number of amides is 1. The second kappa shape index (κ2) is 6.24. The van der Waals surface area contributed by atoms with Gasteiger partial charge in [-0.15, -0.1) is 0 Å². The molecule has 0 spiro atoms. The van der Waals surface area contributed by atoms with E-state index in [-0.39, 0.29) is 12.0 Å². The highest BCUT2D eigenvalue weighted by atomic mass is 16.5. The summed E-state index contributed by atoms with van der Waals surface area (Å²) in [4.78, 5) is 14.2. The van der Waals surface area contributed by atoms with Gasteiger partial charge in [-0.3, -0.25) is 9.69 Å². The SMILES string of the molecule is Cc1cc(N)ccc1NC(=O)CN(C)C1CCOC1C. The van der Waals surface area contributed by atoms with Crippen LogP contribution in [0.5, 0.6) is 0 Å². The van der Waals surface area contributed by atoms with Crippen molar-refractivity contribution in [2.24, 2.45) is 0 Å². The van der Waals surface area contributed by atoms with Crippen molar-refractivity contribution in [1.82, 2.24) is 4.90 Å². The normalized spacial score (nSPS) is 22.2. The molecule has 0 bridgehead atoms. The summed E-state index contributed by atoms with van der Waals surface area (Å²) in [6.45, 7) is 5.12. The van der Waals surface area contributed by atoms with Crippen molar-refractivity contribution in [3.8, 4) is 0 Å². The van der Waals surface area contributed by atoms with Gasteiger partial charge in [-0.25, -0.2) is 0 Å². The molecule has 0 aliphatic carbocycles. The fraction of sp³-hybridized carbons (Fsp3) is 0.533. The third-order valence-electron chi connectivity index (χ3n) is 3.82. The molecule has 1 aliphatic rings. The number of hydrogen-bond donors (Lipinski definition) is 2. The van der Waals surface area contributed by atoms with Gasteiger partial charge in [-0.05, 0) is 51.1 Å². The number of carbonyl (C=O) groups excluding carboxylic acids is 1. The van der Waals surface area contributed by atoms with Crippen LogP contribution in [-0.2, 0) is 9.53 Å². The van der Waals surface area contributed by atoms with Gasteiger partial charge >= 0.3 is 0 Å². The molecule has 0 aromatic heterocycles. The predicted octanol–water partition coefficient (Wildman–Crippen LogP) is 1.62. The van der Waals surface area contributed by atoms with Crippen LogP contribution in [0.3, 0.4) is 0 Å². The first-order valence-electron chi connectivity index (χ1n) is 6.95. The summed E-state index contributed by atoms with van der Waals surface area (Å²) in [5, 5.41) is 2.93. The number of carbonyl (C=O) groups is 1. The molecule has 5 nitrogen and oxygen atoms in total. The second-order valence-corrected chi connectivity index (χ2v) is 5.47. The fourth-order valence-corrected chi connectivity index (χ4v) is 2.66. The zero-order chi connectivity index (χ0) is 14.7. The number of benzene rings is 1. The van der Waals surface area contributed by atoms with Crippen molar-refractivity contribution in [3.05, 3.63) is 23.8 Å². The number of nitrogen functional groups attached to an aromatic ring is 1. The molecule has 1 aliphatic heterocycles. The molecule has 1 heterocycles. The molecule has 2 unspecified atom stereocenters. The molecule has 1 saturated heterocycles. The number of nitrogens with zero attached hydrogens (tertiary/aromatic N) is 1. The average molecular weight is 277 g/mol. The van der Waals surface area contributed by atoms with E-state index in [1.54, 1.807) is 6.07 Å². The van der Waals surface area contributed by atoms with E-state index in [4.69, 9.17) is 10.5 Å². The summed E-state index contributed by atoms with van der Waals surface area (Å²) in [6.07, 6.45) is 1.16. The fourth-order valence-electron chi connectivity index (χ4n) is 2.66. The zero-order valence-electron chi connectivity index (χ0n) is 12.3. The van der Waals surface area contributed by atoms with Crippen LogP contribution >= 0.6 is 0 Å². The Morgan fingerprint density at radius 3 is 2.90 bits per heavy atom. The molecule has 3 N–H and O–H groups in total. The molecule has 2 atom stereocenters. The van der Waals surface area contributed by atoms with Crippen molar-refractivity contribution in [3.63, 3.8) is 0 Å². The maximum atomic E-state index is 12.1. The average Bonchev–Trinajstić information content (AvgIpc) is 2.79. The molecule has 2 rings (SSSR count). The summed E-state index contributed by atoms with van der Waals surface area (Å²) in [6, 6.07) is 5.79. The minimum atomic E-state index is -0.0144. The number of nitrogens with two attached hydrogens (primary N) is 1. The van der Waals surface area contributed by atoms with Crippen molar-refractivity contribution < 1.29 is 9.53 Å². The van der Waals surface area contributed by atoms with E-state index in [2.05, 4.69) is 17.1 Å². The highest BCUT2D eigenvalue weighted by molar-refractivity contribution is 5.93. The summed E-state index contributed by atoms with van der Waals surface area (Å²) in [7, 11) is 1.96. The lowest BCUT2D eigenvalue weighted by Crippen LogP contribution is -2.41. The van der Waals surface area contributed by atoms with E-state index in [0.717, 1.165) is 24.3 Å². The summed E-state index contributed by atoms with van der Waals surface area (Å²) < 4.78 is 5.53. The Morgan fingerprint density at radius 1 is 1.55 bits per heavy atom. The van der Waals surface area contributed by atoms with Crippen molar-refractivity contribution in [2.75, 3.05) is 31.2 Å². The lowest BCUT2D eigenvalue weighted by atomic mass is 10.1. The molecular formula is C15H23N3O2. The van der Waals surface area contributed by atoms with Gasteiger partial charge in [0.2, 0.25) is 5.91 Å². The Bertz CT molecular complexity index is 490. The maximum Gasteiger partial charge on any atom is 0.238 e. The van der Waals surface area contributed by atoms with Gasteiger partial charge in [0, 0.05) is 24.0 Å². The van der Waals surface area contributed by atoms with E-state index < -0.39 is 0 Å². The molecule has 0 saturated carbocycles. The van der Waals surface area contributed by atoms with Gasteiger partial charge in [0.25, 0.3) is 0 Å². The minimum absolute atomic E-state index is 0.0144. The van der Waals surface area contributed by atoms with Gasteiger partial charge in [-0.1, -0.05) is 0 Å². The first-order valence-corrected chi connectivity index (χ1v) is 6.95. The highest BCUT2D eigenvalue weighted by Crippen LogP contribution is 2.19. The first kappa shape index (κ1) is 14.8. The molecular weight excluding hydrogens is 254 g/mol. The van der Waals surface area contributed by atoms with Crippen LogP contribution in [0.4, 0.5) is 11.4 Å². The third-order valence-corrected chi connectivity index (χ3v) is 3.82. The van der Waals surface area contributed by atoms with Gasteiger partial charge in [-0.2, -0.15) is 0 Å². The standard InChI is InChI=1S/C15H23N3O2/c1-10-8-12(16)4-5-13(10)17-15(19)9-18(3)14-6-7-20-11(14)2/h4-5,8,11,14H,6-7,9,16H2,1-3H3,(H,17,19). The van der Waals surface area contributed by atoms with Crippen LogP contribution in [0.25, 0.3) is 0 Å². The Balaban J connectivity index is 1.92. The Kier molecular flexibility index (Phi) is 4.62. The van der Waals surface area contributed by atoms with Crippen molar-refractivity contribution >= 4 is 17.3 Å². The summed E-state index contributed by atoms with van der Waals surface area (Å²) in [5.74, 6) is -0.0144. The van der Waals surface area contributed by atoms with Crippen molar-refractivity contribution in [2.45, 2.75) is 32.4 Å². The highest BCUT2D eigenvalue weighted by Gasteiger charge is 2.28. The topological polar surface area (TPSA) is 67.6 Å². The third kappa shape index (κ3) is 3.49. The number of anilines is 2. The second-order valence-electron chi connectivity index (χ2n) is 5.47. The van der Waals surface area contributed by atoms with Crippen molar-refractivity contribution in [1.29, 1.82) is 0 Å². The number of hydrogen-bond acceptors (Lipinski definition) is 4. The quantitative estimate of drug-likeness (QED) is 0.821. The van der Waals surface area contributed by atoms with E-state index in [9.17, 15) is 4.79 Å². The number of aryl methyl sites for hydroxylation is 1. The summed E-state index contributed by atoms with van der Waals surface area (Å²) >= 11 is 0. The van der Waals surface area contributed by atoms with E-state index in [1.807, 2.05) is 26.1 Å². The first-order chi connectivity index (χ1) is 9.47. The monoisotopic (exact) mass is 277 g/mol. The smallest absolute Gasteiger partial charge is 0.238 e. The molecule has 1 aromatic carbocycles. The molecule has 1 fully saturated rings. The summed E-state index contributed by atoms with van der Waals surface area (Å²) in [5.41, 5.74) is 8.19.